The summed E-state index contributed by atoms with van der Waals surface area (Å²) in [5.41, 5.74) is -0.136. The number of carbonyl (C=O) groups is 1. The lowest BCUT2D eigenvalue weighted by Crippen LogP contribution is -2.49. The van der Waals surface area contributed by atoms with Crippen molar-refractivity contribution in [2.75, 3.05) is 20.8 Å². The van der Waals surface area contributed by atoms with E-state index in [0.29, 0.717) is 17.8 Å². The quantitative estimate of drug-likeness (QED) is 0.621. The molecule has 2 saturated heterocycles. The van der Waals surface area contributed by atoms with Crippen LogP contribution in [0.1, 0.15) is 25.7 Å². The van der Waals surface area contributed by atoms with Crippen LogP contribution in [0.3, 0.4) is 0 Å². The van der Waals surface area contributed by atoms with Crippen molar-refractivity contribution >= 4 is 11.6 Å². The zero-order chi connectivity index (χ0) is 18.0. The van der Waals surface area contributed by atoms with Crippen molar-refractivity contribution in [2.45, 2.75) is 43.8 Å². The molecule has 0 radical (unpaired) electrons. The number of hydrogen-bond donors (Lipinski definition) is 1. The van der Waals surface area contributed by atoms with Gasteiger partial charge in [-0.1, -0.05) is 0 Å². The smallest absolute Gasteiger partial charge is 0.311 e. The van der Waals surface area contributed by atoms with Crippen LogP contribution in [0.5, 0.6) is 11.5 Å². The molecule has 1 aromatic rings. The predicted molar refractivity (Wildman–Crippen MR) is 90.9 cm³/mol. The Balaban J connectivity index is 1.57. The molecule has 8 nitrogen and oxygen atoms in total. The lowest BCUT2D eigenvalue weighted by atomic mass is 9.98. The molecule has 3 rings (SSSR count). The van der Waals surface area contributed by atoms with Crippen LogP contribution in [0.4, 0.5) is 5.69 Å². The van der Waals surface area contributed by atoms with Gasteiger partial charge in [0.25, 0.3) is 5.91 Å². The molecule has 1 aromatic carbocycles. The van der Waals surface area contributed by atoms with Gasteiger partial charge in [-0.15, -0.1) is 0 Å². The number of piperidine rings is 1. The standard InChI is InChI=1S/C17H23N3O5/c1-19(13-7-11-3-4-12(8-13)18-11)17(21)10-25-14-5-6-15(20(22)23)16(9-14)24-2/h5-6,9,11-13,18H,3-4,7-8,10H2,1-2H3. The van der Waals surface area contributed by atoms with Crippen molar-refractivity contribution in [3.8, 4) is 11.5 Å². The SMILES string of the molecule is COc1cc(OCC(=O)N(C)C2CC3CCC(C2)N3)ccc1[N+](=O)[O-]. The summed E-state index contributed by atoms with van der Waals surface area (Å²) in [6.45, 7) is -0.100. The number of nitrogens with zero attached hydrogens (tertiary/aromatic N) is 2. The third-order valence-corrected chi connectivity index (χ3v) is 5.10. The van der Waals surface area contributed by atoms with Crippen molar-refractivity contribution in [3.63, 3.8) is 0 Å². The Morgan fingerprint density at radius 2 is 2.04 bits per heavy atom. The molecule has 2 aliphatic rings. The number of carbonyl (C=O) groups excluding carboxylic acids is 1. The van der Waals surface area contributed by atoms with Gasteiger partial charge in [0.2, 0.25) is 5.75 Å². The van der Waals surface area contributed by atoms with Gasteiger partial charge >= 0.3 is 5.69 Å². The highest BCUT2D eigenvalue weighted by atomic mass is 16.6. The molecule has 2 bridgehead atoms. The van der Waals surface area contributed by atoms with Crippen molar-refractivity contribution in [1.29, 1.82) is 0 Å². The lowest BCUT2D eigenvalue weighted by molar-refractivity contribution is -0.385. The molecular formula is C17H23N3O5. The number of nitrogens with one attached hydrogen (secondary N) is 1. The monoisotopic (exact) mass is 349 g/mol. The minimum Gasteiger partial charge on any atom is -0.490 e. The van der Waals surface area contributed by atoms with Crippen molar-refractivity contribution in [2.24, 2.45) is 0 Å². The molecule has 25 heavy (non-hydrogen) atoms. The molecule has 0 aromatic heterocycles. The molecule has 2 atom stereocenters. The highest BCUT2D eigenvalue weighted by Crippen LogP contribution is 2.31. The summed E-state index contributed by atoms with van der Waals surface area (Å²) in [7, 11) is 3.17. The van der Waals surface area contributed by atoms with Crippen LogP contribution in [0.2, 0.25) is 0 Å². The van der Waals surface area contributed by atoms with Gasteiger partial charge in [0, 0.05) is 37.3 Å². The Bertz CT molecular complexity index is 654. The zero-order valence-corrected chi connectivity index (χ0v) is 14.4. The molecule has 2 heterocycles. The van der Waals surface area contributed by atoms with Crippen molar-refractivity contribution in [1.82, 2.24) is 10.2 Å². The number of ether oxygens (including phenoxy) is 2. The van der Waals surface area contributed by atoms with Gasteiger partial charge in [0.05, 0.1) is 12.0 Å². The minimum atomic E-state index is -0.521. The number of fused-ring (bicyclic) bond motifs is 2. The topological polar surface area (TPSA) is 93.9 Å². The highest BCUT2D eigenvalue weighted by molar-refractivity contribution is 5.78. The average molecular weight is 349 g/mol. The first-order chi connectivity index (χ1) is 12.0. The number of amides is 1. The maximum Gasteiger partial charge on any atom is 0.311 e. The van der Waals surface area contributed by atoms with E-state index in [-0.39, 0.29) is 30.0 Å². The molecule has 0 aliphatic carbocycles. The van der Waals surface area contributed by atoms with Gasteiger partial charge in [-0.05, 0) is 31.7 Å². The van der Waals surface area contributed by atoms with Gasteiger partial charge in [0.1, 0.15) is 5.75 Å². The lowest BCUT2D eigenvalue weighted by Gasteiger charge is -2.35. The Hall–Kier alpha value is -2.35. The zero-order valence-electron chi connectivity index (χ0n) is 14.4. The summed E-state index contributed by atoms with van der Waals surface area (Å²) in [6.07, 6.45) is 4.32. The summed E-state index contributed by atoms with van der Waals surface area (Å²) in [5, 5.41) is 14.5. The molecule has 0 saturated carbocycles. The number of nitro benzene ring substituents is 1. The van der Waals surface area contributed by atoms with E-state index in [1.54, 1.807) is 4.90 Å². The van der Waals surface area contributed by atoms with Crippen LogP contribution in [-0.4, -0.2) is 54.6 Å². The van der Waals surface area contributed by atoms with E-state index in [0.717, 1.165) is 12.8 Å². The summed E-state index contributed by atoms with van der Waals surface area (Å²) in [5.74, 6) is 0.386. The van der Waals surface area contributed by atoms with Gasteiger partial charge in [-0.25, -0.2) is 0 Å². The van der Waals surface area contributed by atoms with E-state index in [2.05, 4.69) is 5.32 Å². The average Bonchev–Trinajstić information content (AvgIpc) is 2.96. The normalized spacial score (nSPS) is 24.6. The van der Waals surface area contributed by atoms with Crippen molar-refractivity contribution < 1.29 is 19.2 Å². The maximum atomic E-state index is 12.4. The second kappa shape index (κ2) is 7.26. The van der Waals surface area contributed by atoms with E-state index in [4.69, 9.17) is 9.47 Å². The predicted octanol–water partition coefficient (Wildman–Crippen LogP) is 1.72. The third-order valence-electron chi connectivity index (χ3n) is 5.10. The molecule has 1 N–H and O–H groups in total. The summed E-state index contributed by atoms with van der Waals surface area (Å²) >= 11 is 0. The van der Waals surface area contributed by atoms with Crippen LogP contribution in [0, 0.1) is 10.1 Å². The first-order valence-corrected chi connectivity index (χ1v) is 8.45. The minimum absolute atomic E-state index is 0.0939. The first kappa shape index (κ1) is 17.5. The number of likely N-dealkylation sites (N-methyl/N-ethyl adjacent to an activating group) is 1. The molecule has 8 heteroatoms. The van der Waals surface area contributed by atoms with Crippen LogP contribution < -0.4 is 14.8 Å². The van der Waals surface area contributed by atoms with E-state index >= 15 is 0 Å². The largest absolute Gasteiger partial charge is 0.490 e. The Morgan fingerprint density at radius 3 is 2.64 bits per heavy atom. The fourth-order valence-electron chi connectivity index (χ4n) is 3.69. The first-order valence-electron chi connectivity index (χ1n) is 8.45. The Morgan fingerprint density at radius 1 is 1.36 bits per heavy atom. The Kier molecular flexibility index (Phi) is 5.08. The van der Waals surface area contributed by atoms with Gasteiger partial charge < -0.3 is 19.7 Å². The number of nitro groups is 1. The van der Waals surface area contributed by atoms with Crippen LogP contribution >= 0.6 is 0 Å². The van der Waals surface area contributed by atoms with Gasteiger partial charge in [-0.2, -0.15) is 0 Å². The van der Waals surface area contributed by atoms with Crippen LogP contribution in [-0.2, 0) is 4.79 Å². The number of benzene rings is 1. The molecule has 0 spiro atoms. The van der Waals surface area contributed by atoms with Gasteiger partial charge in [-0.3, -0.25) is 14.9 Å². The molecule has 2 unspecified atom stereocenters. The fourth-order valence-corrected chi connectivity index (χ4v) is 3.69. The number of hydrogen-bond acceptors (Lipinski definition) is 6. The maximum absolute atomic E-state index is 12.4. The molecular weight excluding hydrogens is 326 g/mol. The Labute approximate surface area is 146 Å². The van der Waals surface area contributed by atoms with E-state index < -0.39 is 4.92 Å². The van der Waals surface area contributed by atoms with E-state index in [9.17, 15) is 14.9 Å². The van der Waals surface area contributed by atoms with E-state index in [1.807, 2.05) is 7.05 Å². The molecule has 136 valence electrons. The summed E-state index contributed by atoms with van der Waals surface area (Å²) < 4.78 is 10.5. The van der Waals surface area contributed by atoms with Gasteiger partial charge in [0.15, 0.2) is 6.61 Å². The van der Waals surface area contributed by atoms with Crippen molar-refractivity contribution in [3.05, 3.63) is 28.3 Å². The summed E-state index contributed by atoms with van der Waals surface area (Å²) in [4.78, 5) is 24.6. The third kappa shape index (κ3) is 3.84. The van der Waals surface area contributed by atoms with Crippen LogP contribution in [0.25, 0.3) is 0 Å². The van der Waals surface area contributed by atoms with E-state index in [1.165, 1.54) is 38.2 Å². The molecule has 1 amide bonds. The molecule has 2 aliphatic heterocycles. The number of rotatable bonds is 6. The highest BCUT2D eigenvalue weighted by Gasteiger charge is 2.36. The number of methoxy groups -OCH3 is 1. The summed E-state index contributed by atoms with van der Waals surface area (Å²) in [6, 6.07) is 5.47. The molecule has 2 fully saturated rings. The second-order valence-electron chi connectivity index (χ2n) is 6.65. The fraction of sp³-hybridized carbons (Fsp3) is 0.588. The second-order valence-corrected chi connectivity index (χ2v) is 6.65. The van der Waals surface area contributed by atoms with Crippen LogP contribution in [0.15, 0.2) is 18.2 Å².